The van der Waals surface area contributed by atoms with E-state index in [-0.39, 0.29) is 17.7 Å². The molecule has 0 saturated carbocycles. The van der Waals surface area contributed by atoms with Gasteiger partial charge in [-0.15, -0.1) is 0 Å². The van der Waals surface area contributed by atoms with E-state index < -0.39 is 0 Å². The highest BCUT2D eigenvalue weighted by atomic mass is 16.5. The third-order valence-corrected chi connectivity index (χ3v) is 3.93. The standard InChI is InChI=1S/C15H32N2O2/c1-11(2)12(8-16-15(3,4)5)17-9-13(18-6)14(10-17)19-7/h11-14,16H,8-10H2,1-7H3. The van der Waals surface area contributed by atoms with E-state index in [1.807, 2.05) is 0 Å². The third-order valence-electron chi connectivity index (χ3n) is 3.93. The number of methoxy groups -OCH3 is 2. The number of nitrogens with zero attached hydrogens (tertiary/aromatic N) is 1. The Bertz CT molecular complexity index is 251. The molecule has 0 spiro atoms. The summed E-state index contributed by atoms with van der Waals surface area (Å²) in [6, 6.07) is 0.525. The highest BCUT2D eigenvalue weighted by molar-refractivity contribution is 4.92. The molecule has 1 aliphatic heterocycles. The fraction of sp³-hybridized carbons (Fsp3) is 1.00. The molecule has 1 saturated heterocycles. The van der Waals surface area contributed by atoms with Crippen molar-refractivity contribution in [1.82, 2.24) is 10.2 Å². The lowest BCUT2D eigenvalue weighted by molar-refractivity contribution is -0.00461. The summed E-state index contributed by atoms with van der Waals surface area (Å²) < 4.78 is 11.1. The molecule has 0 aromatic carbocycles. The molecule has 3 atom stereocenters. The van der Waals surface area contributed by atoms with Crippen LogP contribution in [0.5, 0.6) is 0 Å². The van der Waals surface area contributed by atoms with Gasteiger partial charge >= 0.3 is 0 Å². The molecule has 1 heterocycles. The molecular formula is C15H32N2O2. The highest BCUT2D eigenvalue weighted by Crippen LogP contribution is 2.22. The van der Waals surface area contributed by atoms with Gasteiger partial charge in [-0.25, -0.2) is 0 Å². The fourth-order valence-corrected chi connectivity index (χ4v) is 2.69. The Hall–Kier alpha value is -0.160. The topological polar surface area (TPSA) is 33.7 Å². The first-order chi connectivity index (χ1) is 8.78. The zero-order valence-electron chi connectivity index (χ0n) is 13.7. The monoisotopic (exact) mass is 272 g/mol. The van der Waals surface area contributed by atoms with Crippen molar-refractivity contribution in [3.05, 3.63) is 0 Å². The zero-order chi connectivity index (χ0) is 14.6. The maximum atomic E-state index is 5.53. The van der Waals surface area contributed by atoms with Gasteiger partial charge in [-0.3, -0.25) is 4.90 Å². The van der Waals surface area contributed by atoms with E-state index in [0.29, 0.717) is 12.0 Å². The molecule has 114 valence electrons. The number of nitrogens with one attached hydrogen (secondary N) is 1. The molecule has 1 rings (SSSR count). The van der Waals surface area contributed by atoms with Gasteiger partial charge in [-0.1, -0.05) is 13.8 Å². The maximum Gasteiger partial charge on any atom is 0.0971 e. The summed E-state index contributed by atoms with van der Waals surface area (Å²) in [6.07, 6.45) is 0.391. The number of hydrogen-bond donors (Lipinski definition) is 1. The van der Waals surface area contributed by atoms with E-state index in [1.54, 1.807) is 14.2 Å². The van der Waals surface area contributed by atoms with Crippen molar-refractivity contribution >= 4 is 0 Å². The van der Waals surface area contributed by atoms with E-state index in [1.165, 1.54) is 0 Å². The Morgan fingerprint density at radius 1 is 1.11 bits per heavy atom. The second kappa shape index (κ2) is 7.02. The van der Waals surface area contributed by atoms with Gasteiger partial charge < -0.3 is 14.8 Å². The summed E-state index contributed by atoms with van der Waals surface area (Å²) in [5, 5.41) is 3.62. The van der Waals surface area contributed by atoms with E-state index in [0.717, 1.165) is 19.6 Å². The van der Waals surface area contributed by atoms with Crippen molar-refractivity contribution in [3.63, 3.8) is 0 Å². The Morgan fingerprint density at radius 2 is 1.58 bits per heavy atom. The minimum Gasteiger partial charge on any atom is -0.377 e. The summed E-state index contributed by atoms with van der Waals surface area (Å²) in [6.45, 7) is 14.1. The van der Waals surface area contributed by atoms with Crippen LogP contribution in [0, 0.1) is 5.92 Å². The van der Waals surface area contributed by atoms with Gasteiger partial charge in [0, 0.05) is 45.4 Å². The minimum atomic E-state index is 0.161. The van der Waals surface area contributed by atoms with Crippen molar-refractivity contribution in [3.8, 4) is 0 Å². The Balaban J connectivity index is 2.62. The predicted octanol–water partition coefficient (Wildman–Crippen LogP) is 1.74. The van der Waals surface area contributed by atoms with Crippen LogP contribution in [0.1, 0.15) is 34.6 Å². The van der Waals surface area contributed by atoms with Crippen molar-refractivity contribution in [1.29, 1.82) is 0 Å². The molecule has 19 heavy (non-hydrogen) atoms. The van der Waals surface area contributed by atoms with Crippen LogP contribution < -0.4 is 5.32 Å². The lowest BCUT2D eigenvalue weighted by atomic mass is 10.0. The van der Waals surface area contributed by atoms with Crippen molar-refractivity contribution < 1.29 is 9.47 Å². The fourth-order valence-electron chi connectivity index (χ4n) is 2.69. The first-order valence-electron chi connectivity index (χ1n) is 7.33. The molecule has 3 unspecified atom stereocenters. The van der Waals surface area contributed by atoms with Crippen LogP contribution in [0.4, 0.5) is 0 Å². The molecule has 4 heteroatoms. The first-order valence-corrected chi connectivity index (χ1v) is 7.33. The number of ether oxygens (including phenoxy) is 2. The number of rotatable bonds is 6. The molecule has 1 fully saturated rings. The predicted molar refractivity (Wildman–Crippen MR) is 79.5 cm³/mol. The Morgan fingerprint density at radius 3 is 1.89 bits per heavy atom. The highest BCUT2D eigenvalue weighted by Gasteiger charge is 2.37. The Kier molecular flexibility index (Phi) is 6.24. The second-order valence-electron chi connectivity index (χ2n) is 6.94. The molecule has 0 amide bonds. The Labute approximate surface area is 118 Å². The van der Waals surface area contributed by atoms with E-state index >= 15 is 0 Å². The van der Waals surface area contributed by atoms with E-state index in [4.69, 9.17) is 9.47 Å². The number of hydrogen-bond acceptors (Lipinski definition) is 4. The summed E-state index contributed by atoms with van der Waals surface area (Å²) in [4.78, 5) is 2.51. The van der Waals surface area contributed by atoms with Crippen molar-refractivity contribution in [2.45, 2.75) is 58.4 Å². The minimum absolute atomic E-state index is 0.161. The molecule has 0 aromatic heterocycles. The molecule has 4 nitrogen and oxygen atoms in total. The SMILES string of the molecule is COC1CN(C(CNC(C)(C)C)C(C)C)CC1OC. The largest absolute Gasteiger partial charge is 0.377 e. The molecule has 0 radical (unpaired) electrons. The smallest absolute Gasteiger partial charge is 0.0971 e. The summed E-state index contributed by atoms with van der Waals surface area (Å²) in [5.74, 6) is 0.614. The molecular weight excluding hydrogens is 240 g/mol. The third kappa shape index (κ3) is 5.03. The van der Waals surface area contributed by atoms with Gasteiger partial charge in [0.15, 0.2) is 0 Å². The van der Waals surface area contributed by atoms with Crippen molar-refractivity contribution in [2.75, 3.05) is 33.9 Å². The van der Waals surface area contributed by atoms with Crippen LogP contribution in [-0.2, 0) is 9.47 Å². The average Bonchev–Trinajstić information content (AvgIpc) is 2.70. The molecule has 0 bridgehead atoms. The number of likely N-dealkylation sites (tertiary alicyclic amines) is 1. The zero-order valence-corrected chi connectivity index (χ0v) is 13.7. The molecule has 0 aliphatic carbocycles. The normalized spacial score (nSPS) is 27.2. The van der Waals surface area contributed by atoms with Gasteiger partial charge in [0.05, 0.1) is 12.2 Å². The van der Waals surface area contributed by atoms with Crippen LogP contribution >= 0.6 is 0 Å². The maximum absolute atomic E-state index is 5.53. The second-order valence-corrected chi connectivity index (χ2v) is 6.94. The first kappa shape index (κ1) is 16.9. The average molecular weight is 272 g/mol. The van der Waals surface area contributed by atoms with Crippen LogP contribution in [0.25, 0.3) is 0 Å². The van der Waals surface area contributed by atoms with E-state index in [2.05, 4.69) is 44.8 Å². The summed E-state index contributed by atoms with van der Waals surface area (Å²) in [5.41, 5.74) is 0.161. The van der Waals surface area contributed by atoms with E-state index in [9.17, 15) is 0 Å². The molecule has 1 aliphatic rings. The molecule has 0 aromatic rings. The lowest BCUT2D eigenvalue weighted by Crippen LogP contribution is -2.49. The van der Waals surface area contributed by atoms with Crippen LogP contribution in [0.15, 0.2) is 0 Å². The quantitative estimate of drug-likeness (QED) is 0.798. The van der Waals surface area contributed by atoms with Crippen LogP contribution in [0.2, 0.25) is 0 Å². The van der Waals surface area contributed by atoms with Gasteiger partial charge in [-0.2, -0.15) is 0 Å². The summed E-state index contributed by atoms with van der Waals surface area (Å²) >= 11 is 0. The van der Waals surface area contributed by atoms with Crippen LogP contribution in [-0.4, -0.2) is 62.5 Å². The van der Waals surface area contributed by atoms with Crippen LogP contribution in [0.3, 0.4) is 0 Å². The lowest BCUT2D eigenvalue weighted by Gasteiger charge is -2.34. The van der Waals surface area contributed by atoms with Gasteiger partial charge in [0.1, 0.15) is 0 Å². The summed E-state index contributed by atoms with van der Waals surface area (Å²) in [7, 11) is 3.55. The van der Waals surface area contributed by atoms with Gasteiger partial charge in [0.25, 0.3) is 0 Å². The van der Waals surface area contributed by atoms with Gasteiger partial charge in [-0.05, 0) is 26.7 Å². The molecule has 1 N–H and O–H groups in total. The van der Waals surface area contributed by atoms with Gasteiger partial charge in [0.2, 0.25) is 0 Å². The van der Waals surface area contributed by atoms with Crippen molar-refractivity contribution in [2.24, 2.45) is 5.92 Å².